The molecule has 0 aromatic heterocycles. The molecule has 2 aliphatic rings. The Morgan fingerprint density at radius 2 is 1.81 bits per heavy atom. The maximum atomic E-state index is 13.1. The molecule has 0 atom stereocenters. The number of benzene rings is 1. The molecule has 2 heterocycles. The minimum atomic E-state index is -3.65. The molecule has 1 aromatic rings. The largest absolute Gasteiger partial charge is 0.347 e. The lowest BCUT2D eigenvalue weighted by Crippen LogP contribution is -2.47. The van der Waals surface area contributed by atoms with Crippen LogP contribution in [0.2, 0.25) is 0 Å². The Hall–Kier alpha value is -0.540. The number of piperidine rings is 1. The van der Waals surface area contributed by atoms with Gasteiger partial charge in [0.2, 0.25) is 10.0 Å². The lowest BCUT2D eigenvalue weighted by molar-refractivity contribution is -0.179. The van der Waals surface area contributed by atoms with Crippen molar-refractivity contribution in [2.75, 3.05) is 26.3 Å². The summed E-state index contributed by atoms with van der Waals surface area (Å²) in [6, 6.07) is 3.58. The van der Waals surface area contributed by atoms with Crippen LogP contribution in [0, 0.1) is 5.82 Å². The monoisotopic (exact) mass is 379 g/mol. The normalized spacial score (nSPS) is 22.8. The second-order valence-corrected chi connectivity index (χ2v) is 7.85. The van der Waals surface area contributed by atoms with Crippen LogP contribution in [-0.2, 0) is 19.5 Å². The number of halogens is 2. The van der Waals surface area contributed by atoms with Crippen LogP contribution in [0.25, 0.3) is 0 Å². The summed E-state index contributed by atoms with van der Waals surface area (Å²) in [5.41, 5.74) is 0. The Kier molecular flexibility index (Phi) is 4.08. The number of hydrogen-bond donors (Lipinski definition) is 0. The summed E-state index contributed by atoms with van der Waals surface area (Å²) in [6.45, 7) is 1.75. The molecule has 2 saturated heterocycles. The molecule has 0 N–H and O–H groups in total. The molecule has 0 aliphatic carbocycles. The molecule has 0 bridgehead atoms. The summed E-state index contributed by atoms with van der Waals surface area (Å²) in [7, 11) is -3.65. The van der Waals surface area contributed by atoms with E-state index in [-0.39, 0.29) is 9.37 Å². The fraction of sp³-hybridized carbons (Fsp3) is 0.538. The first-order valence-corrected chi connectivity index (χ1v) is 8.89. The SMILES string of the molecule is O=S(=O)(c1ccc(F)cc1Br)N1CCC2(CC1)OCCO2. The second-order valence-electron chi connectivity index (χ2n) is 5.09. The molecule has 3 rings (SSSR count). The third kappa shape index (κ3) is 2.87. The van der Waals surface area contributed by atoms with Gasteiger partial charge in [0.1, 0.15) is 5.82 Å². The third-order valence-corrected chi connectivity index (χ3v) is 6.68. The topological polar surface area (TPSA) is 55.8 Å². The van der Waals surface area contributed by atoms with Gasteiger partial charge >= 0.3 is 0 Å². The Morgan fingerprint density at radius 3 is 2.38 bits per heavy atom. The van der Waals surface area contributed by atoms with Gasteiger partial charge < -0.3 is 9.47 Å². The van der Waals surface area contributed by atoms with Crippen LogP contribution in [0.15, 0.2) is 27.6 Å². The van der Waals surface area contributed by atoms with Crippen LogP contribution in [0.5, 0.6) is 0 Å². The smallest absolute Gasteiger partial charge is 0.244 e. The fourth-order valence-electron chi connectivity index (χ4n) is 2.68. The molecule has 1 spiro atoms. The summed E-state index contributed by atoms with van der Waals surface area (Å²) in [4.78, 5) is 0.0770. The molecule has 21 heavy (non-hydrogen) atoms. The highest BCUT2D eigenvalue weighted by Crippen LogP contribution is 2.34. The average Bonchev–Trinajstić information content (AvgIpc) is 2.87. The van der Waals surface area contributed by atoms with Gasteiger partial charge in [0.05, 0.1) is 18.1 Å². The average molecular weight is 380 g/mol. The number of rotatable bonds is 2. The van der Waals surface area contributed by atoms with Crippen molar-refractivity contribution in [1.29, 1.82) is 0 Å². The summed E-state index contributed by atoms with van der Waals surface area (Å²) in [5.74, 6) is -1.10. The van der Waals surface area contributed by atoms with Crippen molar-refractivity contribution in [2.45, 2.75) is 23.5 Å². The van der Waals surface area contributed by atoms with E-state index in [2.05, 4.69) is 15.9 Å². The minimum Gasteiger partial charge on any atom is -0.347 e. The number of ether oxygens (including phenoxy) is 2. The molecular weight excluding hydrogens is 365 g/mol. The van der Waals surface area contributed by atoms with E-state index < -0.39 is 21.6 Å². The zero-order chi connectivity index (χ0) is 15.1. The molecule has 0 unspecified atom stereocenters. The predicted molar refractivity (Wildman–Crippen MR) is 76.7 cm³/mol. The van der Waals surface area contributed by atoms with Crippen molar-refractivity contribution in [2.24, 2.45) is 0 Å². The molecular formula is C13H15BrFNO4S. The van der Waals surface area contributed by atoms with E-state index in [1.165, 1.54) is 10.4 Å². The number of hydrogen-bond acceptors (Lipinski definition) is 4. The van der Waals surface area contributed by atoms with Gasteiger partial charge in [0, 0.05) is 30.4 Å². The maximum absolute atomic E-state index is 13.1. The van der Waals surface area contributed by atoms with Gasteiger partial charge in [0.25, 0.3) is 0 Å². The Labute approximate surface area is 131 Å². The highest BCUT2D eigenvalue weighted by atomic mass is 79.9. The van der Waals surface area contributed by atoms with Gasteiger partial charge in [-0.15, -0.1) is 0 Å². The van der Waals surface area contributed by atoms with Crippen molar-refractivity contribution in [3.8, 4) is 0 Å². The van der Waals surface area contributed by atoms with Gasteiger partial charge in [0.15, 0.2) is 5.79 Å². The fourth-order valence-corrected chi connectivity index (χ4v) is 5.13. The number of sulfonamides is 1. The first kappa shape index (κ1) is 15.4. The van der Waals surface area contributed by atoms with E-state index in [1.807, 2.05) is 0 Å². The van der Waals surface area contributed by atoms with E-state index in [0.29, 0.717) is 39.1 Å². The molecule has 116 valence electrons. The van der Waals surface area contributed by atoms with Crippen LogP contribution >= 0.6 is 15.9 Å². The molecule has 0 radical (unpaired) electrons. The third-order valence-electron chi connectivity index (χ3n) is 3.81. The molecule has 1 aromatic carbocycles. The van der Waals surface area contributed by atoms with E-state index in [4.69, 9.17) is 9.47 Å². The molecule has 0 amide bonds. The van der Waals surface area contributed by atoms with Gasteiger partial charge in [-0.25, -0.2) is 12.8 Å². The first-order valence-electron chi connectivity index (χ1n) is 6.66. The zero-order valence-electron chi connectivity index (χ0n) is 11.2. The van der Waals surface area contributed by atoms with E-state index >= 15 is 0 Å². The quantitative estimate of drug-likeness (QED) is 0.789. The molecule has 2 aliphatic heterocycles. The van der Waals surface area contributed by atoms with Crippen molar-refractivity contribution in [3.63, 3.8) is 0 Å². The minimum absolute atomic E-state index is 0.0770. The summed E-state index contributed by atoms with van der Waals surface area (Å²) < 4.78 is 51.1. The van der Waals surface area contributed by atoms with Crippen LogP contribution in [-0.4, -0.2) is 44.8 Å². The second kappa shape index (κ2) is 5.58. The van der Waals surface area contributed by atoms with Crippen molar-refractivity contribution >= 4 is 26.0 Å². The van der Waals surface area contributed by atoms with Crippen molar-refractivity contribution in [1.82, 2.24) is 4.31 Å². The summed E-state index contributed by atoms with van der Waals surface area (Å²) in [6.07, 6.45) is 1.01. The van der Waals surface area contributed by atoms with Gasteiger partial charge in [-0.3, -0.25) is 0 Å². The van der Waals surface area contributed by atoms with E-state index in [0.717, 1.165) is 12.1 Å². The van der Waals surface area contributed by atoms with Crippen LogP contribution in [0.3, 0.4) is 0 Å². The zero-order valence-corrected chi connectivity index (χ0v) is 13.6. The van der Waals surface area contributed by atoms with Crippen molar-refractivity contribution in [3.05, 3.63) is 28.5 Å². The van der Waals surface area contributed by atoms with E-state index in [9.17, 15) is 12.8 Å². The van der Waals surface area contributed by atoms with E-state index in [1.54, 1.807) is 0 Å². The molecule has 2 fully saturated rings. The molecule has 8 heteroatoms. The first-order chi connectivity index (χ1) is 9.93. The molecule has 0 saturated carbocycles. The van der Waals surface area contributed by atoms with Crippen LogP contribution in [0.4, 0.5) is 4.39 Å². The lowest BCUT2D eigenvalue weighted by atomic mass is 10.1. The standard InChI is InChI=1S/C13H15BrFNO4S/c14-11-9-10(15)1-2-12(11)21(17,18)16-5-3-13(4-6-16)19-7-8-20-13/h1-2,9H,3-8H2. The van der Waals surface area contributed by atoms with Gasteiger partial charge in [-0.05, 0) is 34.1 Å². The highest BCUT2D eigenvalue weighted by molar-refractivity contribution is 9.10. The van der Waals surface area contributed by atoms with Crippen molar-refractivity contribution < 1.29 is 22.3 Å². The maximum Gasteiger partial charge on any atom is 0.244 e. The lowest BCUT2D eigenvalue weighted by Gasteiger charge is -2.36. The highest BCUT2D eigenvalue weighted by Gasteiger charge is 2.42. The predicted octanol–water partition coefficient (Wildman–Crippen LogP) is 2.12. The Balaban J connectivity index is 1.80. The van der Waals surface area contributed by atoms with Crippen LogP contribution in [0.1, 0.15) is 12.8 Å². The number of nitrogens with zero attached hydrogens (tertiary/aromatic N) is 1. The van der Waals surface area contributed by atoms with Crippen LogP contribution < -0.4 is 0 Å². The molecule has 5 nitrogen and oxygen atoms in total. The Morgan fingerprint density at radius 1 is 1.19 bits per heavy atom. The van der Waals surface area contributed by atoms with Gasteiger partial charge in [-0.1, -0.05) is 0 Å². The van der Waals surface area contributed by atoms with Gasteiger partial charge in [-0.2, -0.15) is 4.31 Å². The Bertz CT molecular complexity index is 636. The summed E-state index contributed by atoms with van der Waals surface area (Å²) in [5, 5.41) is 0. The summed E-state index contributed by atoms with van der Waals surface area (Å²) >= 11 is 3.11.